The number of ketones is 1. The molecule has 3 rings (SSSR count). The predicted molar refractivity (Wildman–Crippen MR) is 108 cm³/mol. The number of benzene rings is 1. The van der Waals surface area contributed by atoms with E-state index in [-0.39, 0.29) is 5.78 Å². The van der Waals surface area contributed by atoms with Crippen LogP contribution in [0.5, 0.6) is 5.75 Å². The van der Waals surface area contributed by atoms with Crippen LogP contribution in [0, 0.1) is 11.3 Å². The number of nitrogens with one attached hydrogen (secondary N) is 1. The summed E-state index contributed by atoms with van der Waals surface area (Å²) in [5, 5.41) is 13.2. The molecule has 0 amide bonds. The maximum absolute atomic E-state index is 13.1. The zero-order valence-electron chi connectivity index (χ0n) is 15.0. The van der Waals surface area contributed by atoms with Crippen LogP contribution in [0.1, 0.15) is 52.9 Å². The fourth-order valence-corrected chi connectivity index (χ4v) is 5.12. The van der Waals surface area contributed by atoms with Gasteiger partial charge in [-0.25, -0.2) is 0 Å². The van der Waals surface area contributed by atoms with Crippen molar-refractivity contribution < 1.29 is 9.53 Å². The molecule has 1 aliphatic rings. The Kier molecular flexibility index (Phi) is 6.23. The number of methoxy groups -OCH3 is 1. The minimum Gasteiger partial charge on any atom is -0.497 e. The molecule has 1 N–H and O–H groups in total. The second-order valence-electron chi connectivity index (χ2n) is 6.32. The van der Waals surface area contributed by atoms with Gasteiger partial charge in [-0.15, -0.1) is 23.1 Å². The number of anilines is 1. The van der Waals surface area contributed by atoms with Crippen molar-refractivity contribution in [2.75, 3.05) is 18.7 Å². The van der Waals surface area contributed by atoms with E-state index in [4.69, 9.17) is 4.74 Å². The third-order valence-corrected chi connectivity index (χ3v) is 6.99. The van der Waals surface area contributed by atoms with E-state index >= 15 is 0 Å². The Hall–Kier alpha value is -1.97. The molecule has 26 heavy (non-hydrogen) atoms. The third-order valence-electron chi connectivity index (χ3n) is 4.69. The maximum Gasteiger partial charge on any atom is 0.205 e. The van der Waals surface area contributed by atoms with Gasteiger partial charge in [0.2, 0.25) is 5.78 Å². The third kappa shape index (κ3) is 3.89. The first-order valence-electron chi connectivity index (χ1n) is 8.74. The van der Waals surface area contributed by atoms with Crippen molar-refractivity contribution in [3.05, 3.63) is 40.3 Å². The quantitative estimate of drug-likeness (QED) is 0.537. The Morgan fingerprint density at radius 1 is 1.27 bits per heavy atom. The van der Waals surface area contributed by atoms with Gasteiger partial charge in [-0.2, -0.15) is 5.26 Å². The topological polar surface area (TPSA) is 62.1 Å². The van der Waals surface area contributed by atoms with Crippen molar-refractivity contribution in [3.8, 4) is 11.8 Å². The molecule has 0 atom stereocenters. The zero-order valence-corrected chi connectivity index (χ0v) is 16.6. The molecule has 2 aromatic rings. The average molecular weight is 387 g/mol. The SMILES string of the molecule is COc1ccc(C(=O)c2sc(SC)c(C#N)c2NC2CCCCC2)cc1. The van der Waals surface area contributed by atoms with Crippen molar-refractivity contribution in [2.45, 2.75) is 42.4 Å². The van der Waals surface area contributed by atoms with Gasteiger partial charge in [-0.3, -0.25) is 4.79 Å². The highest BCUT2D eigenvalue weighted by atomic mass is 32.2. The molecule has 0 aliphatic heterocycles. The highest BCUT2D eigenvalue weighted by Gasteiger charge is 2.26. The Morgan fingerprint density at radius 2 is 1.96 bits per heavy atom. The molecule has 0 radical (unpaired) electrons. The second kappa shape index (κ2) is 8.61. The molecule has 1 saturated carbocycles. The monoisotopic (exact) mass is 386 g/mol. The Balaban J connectivity index is 1.97. The predicted octanol–water partition coefficient (Wildman–Crippen LogP) is 5.33. The molecular weight excluding hydrogens is 364 g/mol. The minimum absolute atomic E-state index is 0.0484. The summed E-state index contributed by atoms with van der Waals surface area (Å²) in [6.45, 7) is 0. The largest absolute Gasteiger partial charge is 0.497 e. The van der Waals surface area contributed by atoms with Crippen molar-refractivity contribution in [2.24, 2.45) is 0 Å². The normalized spacial score (nSPS) is 14.7. The summed E-state index contributed by atoms with van der Waals surface area (Å²) >= 11 is 2.93. The molecule has 0 unspecified atom stereocenters. The first-order valence-corrected chi connectivity index (χ1v) is 10.8. The number of nitrogens with zero attached hydrogens (tertiary/aromatic N) is 1. The first kappa shape index (κ1) is 18.8. The highest BCUT2D eigenvalue weighted by Crippen LogP contribution is 2.41. The molecule has 4 nitrogen and oxygen atoms in total. The highest BCUT2D eigenvalue weighted by molar-refractivity contribution is 8.00. The number of thioether (sulfide) groups is 1. The van der Waals surface area contributed by atoms with E-state index in [1.165, 1.54) is 42.4 Å². The number of ether oxygens (including phenoxy) is 1. The van der Waals surface area contributed by atoms with Crippen LogP contribution < -0.4 is 10.1 Å². The van der Waals surface area contributed by atoms with Crippen LogP contribution in [0.15, 0.2) is 28.5 Å². The van der Waals surface area contributed by atoms with Crippen LogP contribution in [-0.4, -0.2) is 25.2 Å². The number of carbonyl (C=O) groups is 1. The number of thiophene rings is 1. The number of nitriles is 1. The van der Waals surface area contributed by atoms with Crippen LogP contribution in [0.25, 0.3) is 0 Å². The molecule has 1 aromatic heterocycles. The summed E-state index contributed by atoms with van der Waals surface area (Å²) in [6, 6.07) is 9.76. The van der Waals surface area contributed by atoms with E-state index in [9.17, 15) is 10.1 Å². The van der Waals surface area contributed by atoms with E-state index < -0.39 is 0 Å². The first-order chi connectivity index (χ1) is 12.7. The standard InChI is InChI=1S/C20H22N2O2S2/c1-24-15-10-8-13(9-11-15)18(23)19-17(16(12-21)20(25-2)26-19)22-14-6-4-3-5-7-14/h8-11,14,22H,3-7H2,1-2H3. The molecule has 1 fully saturated rings. The summed E-state index contributed by atoms with van der Waals surface area (Å²) in [7, 11) is 1.60. The van der Waals surface area contributed by atoms with Crippen molar-refractivity contribution in [1.82, 2.24) is 0 Å². The van der Waals surface area contributed by atoms with E-state index in [0.29, 0.717) is 22.0 Å². The number of rotatable bonds is 6. The van der Waals surface area contributed by atoms with Gasteiger partial charge in [0.15, 0.2) is 0 Å². The van der Waals surface area contributed by atoms with Gasteiger partial charge in [0.05, 0.1) is 17.0 Å². The molecule has 0 spiro atoms. The van der Waals surface area contributed by atoms with E-state index in [2.05, 4.69) is 11.4 Å². The van der Waals surface area contributed by atoms with E-state index in [1.54, 1.807) is 31.4 Å². The molecular formula is C20H22N2O2S2. The Morgan fingerprint density at radius 3 is 2.54 bits per heavy atom. The van der Waals surface area contributed by atoms with Crippen molar-refractivity contribution >= 4 is 34.6 Å². The number of hydrogen-bond donors (Lipinski definition) is 1. The Bertz CT molecular complexity index is 816. The zero-order chi connectivity index (χ0) is 18.5. The molecule has 1 aromatic carbocycles. The van der Waals surface area contributed by atoms with Gasteiger partial charge in [0.1, 0.15) is 22.3 Å². The molecule has 0 bridgehead atoms. The second-order valence-corrected chi connectivity index (χ2v) is 8.42. The summed E-state index contributed by atoms with van der Waals surface area (Å²) < 4.78 is 6.06. The summed E-state index contributed by atoms with van der Waals surface area (Å²) in [5.41, 5.74) is 1.93. The van der Waals surface area contributed by atoms with Crippen LogP contribution in [-0.2, 0) is 0 Å². The maximum atomic E-state index is 13.1. The van der Waals surface area contributed by atoms with Gasteiger partial charge in [-0.1, -0.05) is 19.3 Å². The minimum atomic E-state index is -0.0484. The van der Waals surface area contributed by atoms with E-state index in [0.717, 1.165) is 28.5 Å². The lowest BCUT2D eigenvalue weighted by Gasteiger charge is -2.24. The summed E-state index contributed by atoms with van der Waals surface area (Å²) in [4.78, 5) is 13.7. The lowest BCUT2D eigenvalue weighted by Crippen LogP contribution is -2.23. The lowest BCUT2D eigenvalue weighted by atomic mass is 9.95. The van der Waals surface area contributed by atoms with Gasteiger partial charge < -0.3 is 10.1 Å². The molecule has 1 heterocycles. The summed E-state index contributed by atoms with van der Waals surface area (Å²) in [5.74, 6) is 0.670. The van der Waals surface area contributed by atoms with Crippen LogP contribution in [0.2, 0.25) is 0 Å². The van der Waals surface area contributed by atoms with Crippen molar-refractivity contribution in [1.29, 1.82) is 5.26 Å². The van der Waals surface area contributed by atoms with Crippen LogP contribution in [0.4, 0.5) is 5.69 Å². The van der Waals surface area contributed by atoms with Gasteiger partial charge in [-0.05, 0) is 43.4 Å². The number of hydrogen-bond acceptors (Lipinski definition) is 6. The lowest BCUT2D eigenvalue weighted by molar-refractivity contribution is 0.104. The fourth-order valence-electron chi connectivity index (χ4n) is 3.28. The fraction of sp³-hybridized carbons (Fsp3) is 0.400. The van der Waals surface area contributed by atoms with Gasteiger partial charge in [0.25, 0.3) is 0 Å². The smallest absolute Gasteiger partial charge is 0.205 e. The van der Waals surface area contributed by atoms with E-state index in [1.807, 2.05) is 6.26 Å². The van der Waals surface area contributed by atoms with Crippen LogP contribution in [0.3, 0.4) is 0 Å². The van der Waals surface area contributed by atoms with Gasteiger partial charge >= 0.3 is 0 Å². The molecule has 6 heteroatoms. The Labute approximate surface area is 162 Å². The van der Waals surface area contributed by atoms with Crippen LogP contribution >= 0.6 is 23.1 Å². The molecule has 0 saturated heterocycles. The molecule has 136 valence electrons. The van der Waals surface area contributed by atoms with Gasteiger partial charge in [0, 0.05) is 11.6 Å². The van der Waals surface area contributed by atoms with Crippen molar-refractivity contribution in [3.63, 3.8) is 0 Å². The number of carbonyl (C=O) groups excluding carboxylic acids is 1. The summed E-state index contributed by atoms with van der Waals surface area (Å²) in [6.07, 6.45) is 7.78. The molecule has 1 aliphatic carbocycles. The average Bonchev–Trinajstić information content (AvgIpc) is 3.05.